The first-order valence-electron chi connectivity index (χ1n) is 6.23. The van der Waals surface area contributed by atoms with E-state index in [0.717, 1.165) is 55.6 Å². The Hall–Kier alpha value is -1.65. The van der Waals surface area contributed by atoms with E-state index in [0.29, 0.717) is 0 Å². The third-order valence-corrected chi connectivity index (χ3v) is 3.44. The molecular formula is C14H16N2O2. The number of aldehydes is 1. The van der Waals surface area contributed by atoms with Crippen LogP contribution in [0.15, 0.2) is 24.4 Å². The maximum Gasteiger partial charge on any atom is 0.150 e. The van der Waals surface area contributed by atoms with Gasteiger partial charge in [0, 0.05) is 42.3 Å². The van der Waals surface area contributed by atoms with Crippen molar-refractivity contribution < 1.29 is 9.53 Å². The summed E-state index contributed by atoms with van der Waals surface area (Å²) in [4.78, 5) is 16.7. The number of fused-ring (bicyclic) bond motifs is 1. The molecule has 2 heterocycles. The summed E-state index contributed by atoms with van der Waals surface area (Å²) in [6.45, 7) is 4.37. The molecule has 1 aliphatic heterocycles. The zero-order valence-corrected chi connectivity index (χ0v) is 10.2. The van der Waals surface area contributed by atoms with E-state index in [2.05, 4.69) is 9.88 Å². The highest BCUT2D eigenvalue weighted by molar-refractivity contribution is 5.98. The van der Waals surface area contributed by atoms with Gasteiger partial charge in [-0.2, -0.15) is 0 Å². The number of H-pyrrole nitrogens is 1. The molecule has 0 unspecified atom stereocenters. The molecule has 0 amide bonds. The number of aromatic nitrogens is 1. The Morgan fingerprint density at radius 1 is 1.33 bits per heavy atom. The maximum absolute atomic E-state index is 11.1. The molecule has 0 aliphatic carbocycles. The van der Waals surface area contributed by atoms with Gasteiger partial charge < -0.3 is 9.72 Å². The largest absolute Gasteiger partial charge is 0.379 e. The molecule has 1 aromatic carbocycles. The third-order valence-electron chi connectivity index (χ3n) is 3.44. The average Bonchev–Trinajstić information content (AvgIpc) is 2.83. The van der Waals surface area contributed by atoms with Gasteiger partial charge in [-0.15, -0.1) is 0 Å². The quantitative estimate of drug-likeness (QED) is 0.838. The fourth-order valence-electron chi connectivity index (χ4n) is 2.51. The summed E-state index contributed by atoms with van der Waals surface area (Å²) < 4.78 is 5.35. The van der Waals surface area contributed by atoms with Gasteiger partial charge in [0.05, 0.1) is 13.2 Å². The standard InChI is InChI=1S/C14H16N2O2/c17-10-11-2-1-3-13-14(11)12(8-15-13)9-16-4-6-18-7-5-16/h1-3,8,10,15H,4-7,9H2. The Morgan fingerprint density at radius 2 is 2.17 bits per heavy atom. The van der Waals surface area contributed by atoms with Crippen molar-refractivity contribution in [3.8, 4) is 0 Å². The van der Waals surface area contributed by atoms with Gasteiger partial charge in [0.15, 0.2) is 6.29 Å². The summed E-state index contributed by atoms with van der Waals surface area (Å²) in [6.07, 6.45) is 2.94. The van der Waals surface area contributed by atoms with Gasteiger partial charge in [0.25, 0.3) is 0 Å². The van der Waals surface area contributed by atoms with E-state index in [1.165, 1.54) is 5.56 Å². The zero-order valence-electron chi connectivity index (χ0n) is 10.2. The Bertz CT molecular complexity index is 556. The minimum absolute atomic E-state index is 0.761. The number of ether oxygens (including phenoxy) is 1. The zero-order chi connectivity index (χ0) is 12.4. The van der Waals surface area contributed by atoms with Crippen LogP contribution >= 0.6 is 0 Å². The lowest BCUT2D eigenvalue weighted by atomic mass is 10.1. The Balaban J connectivity index is 1.93. The molecule has 1 N–H and O–H groups in total. The number of rotatable bonds is 3. The molecule has 1 saturated heterocycles. The number of nitrogens with one attached hydrogen (secondary N) is 1. The summed E-state index contributed by atoms with van der Waals surface area (Å²) in [5.74, 6) is 0. The summed E-state index contributed by atoms with van der Waals surface area (Å²) in [6, 6.07) is 5.78. The van der Waals surface area contributed by atoms with E-state index in [4.69, 9.17) is 4.74 Å². The molecule has 18 heavy (non-hydrogen) atoms. The van der Waals surface area contributed by atoms with Gasteiger partial charge in [0.1, 0.15) is 0 Å². The van der Waals surface area contributed by atoms with Crippen molar-refractivity contribution >= 4 is 17.2 Å². The van der Waals surface area contributed by atoms with Gasteiger partial charge in [-0.25, -0.2) is 0 Å². The molecule has 2 aromatic rings. The third kappa shape index (κ3) is 2.05. The number of carbonyl (C=O) groups excluding carboxylic acids is 1. The lowest BCUT2D eigenvalue weighted by Crippen LogP contribution is -2.35. The summed E-state index contributed by atoms with van der Waals surface area (Å²) >= 11 is 0. The van der Waals surface area contributed by atoms with Crippen LogP contribution in [0, 0.1) is 0 Å². The van der Waals surface area contributed by atoms with Crippen LogP contribution in [0.4, 0.5) is 0 Å². The van der Waals surface area contributed by atoms with Crippen LogP contribution in [0.1, 0.15) is 15.9 Å². The predicted molar refractivity (Wildman–Crippen MR) is 69.8 cm³/mol. The first kappa shape index (κ1) is 11.4. The molecule has 0 bridgehead atoms. The molecule has 1 fully saturated rings. The number of morpholine rings is 1. The van der Waals surface area contributed by atoms with Crippen molar-refractivity contribution in [2.24, 2.45) is 0 Å². The van der Waals surface area contributed by atoms with Gasteiger partial charge in [0.2, 0.25) is 0 Å². The minimum atomic E-state index is 0.761. The number of nitrogens with zero attached hydrogens (tertiary/aromatic N) is 1. The van der Waals surface area contributed by atoms with Crippen LogP contribution in [0.5, 0.6) is 0 Å². The summed E-state index contributed by atoms with van der Waals surface area (Å²) in [5.41, 5.74) is 2.98. The smallest absolute Gasteiger partial charge is 0.150 e. The highest BCUT2D eigenvalue weighted by Gasteiger charge is 2.14. The van der Waals surface area contributed by atoms with Crippen molar-refractivity contribution in [2.45, 2.75) is 6.54 Å². The minimum Gasteiger partial charge on any atom is -0.379 e. The Labute approximate surface area is 106 Å². The Morgan fingerprint density at radius 3 is 2.94 bits per heavy atom. The predicted octanol–water partition coefficient (Wildman–Crippen LogP) is 1.81. The van der Waals surface area contributed by atoms with E-state index >= 15 is 0 Å². The molecule has 3 rings (SSSR count). The van der Waals surface area contributed by atoms with Crippen molar-refractivity contribution in [3.63, 3.8) is 0 Å². The first-order valence-corrected chi connectivity index (χ1v) is 6.23. The molecule has 0 atom stereocenters. The lowest BCUT2D eigenvalue weighted by Gasteiger charge is -2.26. The van der Waals surface area contributed by atoms with E-state index < -0.39 is 0 Å². The second kappa shape index (κ2) is 4.92. The monoisotopic (exact) mass is 244 g/mol. The second-order valence-corrected chi connectivity index (χ2v) is 4.59. The number of aromatic amines is 1. The van der Waals surface area contributed by atoms with Gasteiger partial charge in [-0.05, 0) is 11.6 Å². The fourth-order valence-corrected chi connectivity index (χ4v) is 2.51. The van der Waals surface area contributed by atoms with Crippen molar-refractivity contribution in [3.05, 3.63) is 35.5 Å². The number of hydrogen-bond acceptors (Lipinski definition) is 3. The number of benzene rings is 1. The van der Waals surface area contributed by atoms with E-state index in [9.17, 15) is 4.79 Å². The lowest BCUT2D eigenvalue weighted by molar-refractivity contribution is 0.0343. The highest BCUT2D eigenvalue weighted by Crippen LogP contribution is 2.23. The number of carbonyl (C=O) groups is 1. The SMILES string of the molecule is O=Cc1cccc2[nH]cc(CN3CCOCC3)c12. The van der Waals surface area contributed by atoms with Gasteiger partial charge in [-0.1, -0.05) is 12.1 Å². The molecule has 94 valence electrons. The molecule has 1 aliphatic rings. The van der Waals surface area contributed by atoms with Crippen LogP contribution in [-0.2, 0) is 11.3 Å². The summed E-state index contributed by atoms with van der Waals surface area (Å²) in [5, 5.41) is 1.05. The van der Waals surface area contributed by atoms with Crippen molar-refractivity contribution in [2.75, 3.05) is 26.3 Å². The van der Waals surface area contributed by atoms with Crippen molar-refractivity contribution in [1.29, 1.82) is 0 Å². The molecule has 0 radical (unpaired) electrons. The van der Waals surface area contributed by atoms with Crippen LogP contribution in [-0.4, -0.2) is 42.5 Å². The van der Waals surface area contributed by atoms with E-state index in [1.54, 1.807) is 0 Å². The second-order valence-electron chi connectivity index (χ2n) is 4.59. The van der Waals surface area contributed by atoms with Gasteiger partial charge in [-0.3, -0.25) is 9.69 Å². The normalized spacial score (nSPS) is 17.1. The van der Waals surface area contributed by atoms with E-state index in [1.807, 2.05) is 24.4 Å². The maximum atomic E-state index is 11.1. The van der Waals surface area contributed by atoms with Crippen LogP contribution in [0.2, 0.25) is 0 Å². The highest BCUT2D eigenvalue weighted by atomic mass is 16.5. The summed E-state index contributed by atoms with van der Waals surface area (Å²) in [7, 11) is 0. The van der Waals surface area contributed by atoms with Gasteiger partial charge >= 0.3 is 0 Å². The molecular weight excluding hydrogens is 228 g/mol. The average molecular weight is 244 g/mol. The molecule has 0 saturated carbocycles. The van der Waals surface area contributed by atoms with Crippen LogP contribution < -0.4 is 0 Å². The van der Waals surface area contributed by atoms with E-state index in [-0.39, 0.29) is 0 Å². The van der Waals surface area contributed by atoms with Crippen LogP contribution in [0.25, 0.3) is 10.9 Å². The fraction of sp³-hybridized carbons (Fsp3) is 0.357. The molecule has 4 nitrogen and oxygen atoms in total. The van der Waals surface area contributed by atoms with Crippen LogP contribution in [0.3, 0.4) is 0 Å². The number of hydrogen-bond donors (Lipinski definition) is 1. The van der Waals surface area contributed by atoms with Crippen molar-refractivity contribution in [1.82, 2.24) is 9.88 Å². The molecule has 1 aromatic heterocycles. The topological polar surface area (TPSA) is 45.3 Å². The molecule has 0 spiro atoms. The Kier molecular flexibility index (Phi) is 3.13. The molecule has 4 heteroatoms. The first-order chi connectivity index (χ1) is 8.88.